The molecule has 4 N–H and O–H groups in total. The highest BCUT2D eigenvalue weighted by Gasteiger charge is 2.21. The normalized spacial score (nSPS) is 12.2. The predicted octanol–water partition coefficient (Wildman–Crippen LogP) is 4.41. The third-order valence-corrected chi connectivity index (χ3v) is 7.18. The van der Waals surface area contributed by atoms with Gasteiger partial charge in [-0.05, 0) is 68.3 Å². The molecule has 8 nitrogen and oxygen atoms in total. The van der Waals surface area contributed by atoms with Crippen molar-refractivity contribution in [1.29, 1.82) is 0 Å². The highest BCUT2D eigenvalue weighted by molar-refractivity contribution is 7.89. The average molecular weight is 511 g/mol. The number of aromatic hydroxyl groups is 1. The van der Waals surface area contributed by atoms with Crippen molar-refractivity contribution in [2.24, 2.45) is 10.2 Å². The van der Waals surface area contributed by atoms with Gasteiger partial charge in [0.1, 0.15) is 4.90 Å². The van der Waals surface area contributed by atoms with Gasteiger partial charge < -0.3 is 5.11 Å². The minimum absolute atomic E-state index is 0.0109. The number of benzene rings is 3. The maximum absolute atomic E-state index is 12.7. The van der Waals surface area contributed by atoms with Crippen LogP contribution in [-0.2, 0) is 10.0 Å². The fraction of sp³-hybridized carbons (Fsp3) is 0.120. The van der Waals surface area contributed by atoms with E-state index in [1.54, 1.807) is 11.5 Å². The van der Waals surface area contributed by atoms with E-state index in [4.69, 9.17) is 16.7 Å². The third-order valence-electron chi connectivity index (χ3n) is 5.79. The average Bonchev–Trinajstić information content (AvgIpc) is 3.10. The Bertz CT molecular complexity index is 1620. The molecule has 0 fully saturated rings. The number of halogens is 1. The number of rotatable bonds is 5. The molecule has 0 saturated carbocycles. The Kier molecular flexibility index (Phi) is 6.42. The Morgan fingerprint density at radius 1 is 1.06 bits per heavy atom. The monoisotopic (exact) mass is 510 g/mol. The highest BCUT2D eigenvalue weighted by Crippen LogP contribution is 2.35. The summed E-state index contributed by atoms with van der Waals surface area (Å²) >= 11 is 5.89. The molecule has 0 atom stereocenters. The van der Waals surface area contributed by atoms with Gasteiger partial charge in [-0.1, -0.05) is 35.9 Å². The molecule has 0 bridgehead atoms. The zero-order valence-electron chi connectivity index (χ0n) is 19.2. The number of aromatic nitrogens is 1. The van der Waals surface area contributed by atoms with Crippen molar-refractivity contribution in [3.05, 3.63) is 87.9 Å². The van der Waals surface area contributed by atoms with Gasteiger partial charge in [0.25, 0.3) is 5.91 Å². The summed E-state index contributed by atoms with van der Waals surface area (Å²) in [6.07, 6.45) is 0. The first-order chi connectivity index (χ1) is 16.5. The van der Waals surface area contributed by atoms with Crippen LogP contribution in [0.5, 0.6) is 5.88 Å². The first kappa shape index (κ1) is 24.5. The van der Waals surface area contributed by atoms with Gasteiger partial charge in [-0.25, -0.2) is 19.0 Å². The Morgan fingerprint density at radius 3 is 2.46 bits per heavy atom. The van der Waals surface area contributed by atoms with Crippen LogP contribution in [0.2, 0.25) is 5.02 Å². The maximum Gasteiger partial charge on any atom is 0.271 e. The second-order valence-electron chi connectivity index (χ2n) is 8.15. The maximum atomic E-state index is 12.7. The molecule has 4 rings (SSSR count). The van der Waals surface area contributed by atoms with Crippen molar-refractivity contribution in [2.45, 2.75) is 25.7 Å². The molecule has 0 saturated heterocycles. The molecule has 0 unspecified atom stereocenters. The van der Waals surface area contributed by atoms with Crippen molar-refractivity contribution in [1.82, 2.24) is 9.99 Å². The summed E-state index contributed by atoms with van der Waals surface area (Å²) in [6, 6.07) is 17.1. The van der Waals surface area contributed by atoms with Gasteiger partial charge in [0.2, 0.25) is 15.9 Å². The van der Waals surface area contributed by atoms with E-state index in [0.29, 0.717) is 11.3 Å². The van der Waals surface area contributed by atoms with Gasteiger partial charge in [0, 0.05) is 16.6 Å². The number of para-hydroxylation sites is 1. The van der Waals surface area contributed by atoms with Crippen molar-refractivity contribution in [2.75, 3.05) is 0 Å². The van der Waals surface area contributed by atoms with E-state index in [1.165, 1.54) is 12.1 Å². The van der Waals surface area contributed by atoms with Crippen LogP contribution in [0.1, 0.15) is 34.0 Å². The van der Waals surface area contributed by atoms with E-state index in [0.717, 1.165) is 33.8 Å². The molecule has 0 aliphatic rings. The summed E-state index contributed by atoms with van der Waals surface area (Å²) in [4.78, 5) is 12.3. The second-order valence-corrected chi connectivity index (χ2v) is 10.1. The lowest BCUT2D eigenvalue weighted by molar-refractivity contribution is 0.0954. The minimum atomic E-state index is -4.11. The van der Waals surface area contributed by atoms with Crippen LogP contribution in [0, 0.1) is 13.8 Å². The van der Waals surface area contributed by atoms with Gasteiger partial charge >= 0.3 is 0 Å². The number of aryl methyl sites for hydroxylation is 2. The van der Waals surface area contributed by atoms with E-state index >= 15 is 0 Å². The van der Waals surface area contributed by atoms with Crippen molar-refractivity contribution in [3.63, 3.8) is 0 Å². The standard InChI is InChI=1S/C25H23ClN4O4S/c1-14-8-10-18(12-15(14)2)30-21-7-5-4-6-19(21)23(25(30)32)16(3)28-29-24(31)17-9-11-20(26)22(13-17)35(27,33)34/h4-13,32H,1-3H3,(H,29,31)(H2,27,33,34). The molecule has 0 aliphatic carbocycles. The summed E-state index contributed by atoms with van der Waals surface area (Å²) in [5.74, 6) is -0.684. The third kappa shape index (κ3) is 4.66. The van der Waals surface area contributed by atoms with Crippen LogP contribution in [0.15, 0.2) is 70.7 Å². The van der Waals surface area contributed by atoms with Gasteiger partial charge in [-0.3, -0.25) is 9.36 Å². The largest absolute Gasteiger partial charge is 0.494 e. The number of fused-ring (bicyclic) bond motifs is 1. The summed E-state index contributed by atoms with van der Waals surface area (Å²) in [5, 5.41) is 21.2. The number of nitrogens with zero attached hydrogens (tertiary/aromatic N) is 2. The molecule has 0 radical (unpaired) electrons. The Balaban J connectivity index is 1.74. The number of carbonyl (C=O) groups excluding carboxylic acids is 1. The van der Waals surface area contributed by atoms with Crippen LogP contribution in [0.4, 0.5) is 0 Å². The molecule has 1 heterocycles. The number of nitrogens with two attached hydrogens (primary N) is 1. The van der Waals surface area contributed by atoms with E-state index in [1.807, 2.05) is 56.3 Å². The zero-order valence-corrected chi connectivity index (χ0v) is 20.8. The molecular formula is C25H23ClN4O4S. The molecule has 0 aliphatic heterocycles. The number of nitrogens with one attached hydrogen (secondary N) is 1. The van der Waals surface area contributed by atoms with Crippen molar-refractivity contribution in [3.8, 4) is 11.6 Å². The van der Waals surface area contributed by atoms with Crippen LogP contribution >= 0.6 is 11.6 Å². The molecule has 10 heteroatoms. The second kappa shape index (κ2) is 9.18. The van der Waals surface area contributed by atoms with Gasteiger partial charge in [0.05, 0.1) is 21.8 Å². The fourth-order valence-electron chi connectivity index (χ4n) is 3.83. The number of hydrazone groups is 1. The quantitative estimate of drug-likeness (QED) is 0.271. The molecule has 35 heavy (non-hydrogen) atoms. The van der Waals surface area contributed by atoms with E-state index in [-0.39, 0.29) is 21.4 Å². The fourth-order valence-corrected chi connectivity index (χ4v) is 4.90. The molecule has 180 valence electrons. The number of carbonyl (C=O) groups is 1. The van der Waals surface area contributed by atoms with Crippen molar-refractivity contribution >= 4 is 44.1 Å². The van der Waals surface area contributed by atoms with Crippen LogP contribution < -0.4 is 10.6 Å². The first-order valence-electron chi connectivity index (χ1n) is 10.6. The van der Waals surface area contributed by atoms with Gasteiger partial charge in [-0.2, -0.15) is 5.10 Å². The van der Waals surface area contributed by atoms with Crippen LogP contribution in [0.3, 0.4) is 0 Å². The number of hydrogen-bond acceptors (Lipinski definition) is 5. The topological polar surface area (TPSA) is 127 Å². The Morgan fingerprint density at radius 2 is 1.77 bits per heavy atom. The molecule has 1 amide bonds. The molecule has 0 spiro atoms. The Hall–Kier alpha value is -3.66. The Labute approximate surface area is 207 Å². The van der Waals surface area contributed by atoms with Crippen molar-refractivity contribution < 1.29 is 18.3 Å². The molecule has 3 aromatic carbocycles. The van der Waals surface area contributed by atoms with E-state index in [9.17, 15) is 18.3 Å². The number of sulfonamides is 1. The lowest BCUT2D eigenvalue weighted by atomic mass is 10.1. The SMILES string of the molecule is CC(=NNC(=O)c1ccc(Cl)c(S(N)(=O)=O)c1)c1c(O)n(-c2ccc(C)c(C)c2)c2ccccc12. The number of hydrogen-bond donors (Lipinski definition) is 3. The van der Waals surface area contributed by atoms with E-state index in [2.05, 4.69) is 10.5 Å². The van der Waals surface area contributed by atoms with Gasteiger partial charge in [0.15, 0.2) is 0 Å². The number of amides is 1. The van der Waals surface area contributed by atoms with Crippen LogP contribution in [0.25, 0.3) is 16.6 Å². The summed E-state index contributed by atoms with van der Waals surface area (Å²) in [5.41, 5.74) is 7.02. The van der Waals surface area contributed by atoms with Crippen LogP contribution in [-0.4, -0.2) is 29.7 Å². The summed E-state index contributed by atoms with van der Waals surface area (Å²) < 4.78 is 25.1. The minimum Gasteiger partial charge on any atom is -0.494 e. The molecule has 1 aromatic heterocycles. The lowest BCUT2D eigenvalue weighted by Gasteiger charge is -2.10. The lowest BCUT2D eigenvalue weighted by Crippen LogP contribution is -2.20. The highest BCUT2D eigenvalue weighted by atomic mass is 35.5. The molecular weight excluding hydrogens is 488 g/mol. The zero-order chi connectivity index (χ0) is 25.5. The summed E-state index contributed by atoms with van der Waals surface area (Å²) in [7, 11) is -4.11. The number of primary sulfonamides is 1. The molecule has 4 aromatic rings. The summed E-state index contributed by atoms with van der Waals surface area (Å²) in [6.45, 7) is 5.68. The predicted molar refractivity (Wildman–Crippen MR) is 137 cm³/mol. The van der Waals surface area contributed by atoms with Gasteiger partial charge in [-0.15, -0.1) is 0 Å². The smallest absolute Gasteiger partial charge is 0.271 e. The first-order valence-corrected chi connectivity index (χ1v) is 12.5. The van der Waals surface area contributed by atoms with E-state index < -0.39 is 15.9 Å².